The van der Waals surface area contributed by atoms with Crippen molar-refractivity contribution in [3.05, 3.63) is 48.2 Å². The maximum absolute atomic E-state index is 5.63. The molecule has 0 unspecified atom stereocenters. The lowest BCUT2D eigenvalue weighted by atomic mass is 10.2. The molecule has 2 aromatic heterocycles. The molecule has 0 saturated carbocycles. The zero-order valence-corrected chi connectivity index (χ0v) is 11.4. The quantitative estimate of drug-likeness (QED) is 0.831. The van der Waals surface area contributed by atoms with Crippen molar-refractivity contribution in [1.29, 1.82) is 0 Å². The lowest BCUT2D eigenvalue weighted by Gasteiger charge is -2.08. The van der Waals surface area contributed by atoms with E-state index in [2.05, 4.69) is 24.1 Å². The van der Waals surface area contributed by atoms with E-state index in [4.69, 9.17) is 9.15 Å². The first kappa shape index (κ1) is 13.6. The molecule has 2 aromatic rings. The van der Waals surface area contributed by atoms with Crippen LogP contribution in [0.2, 0.25) is 0 Å². The smallest absolute Gasteiger partial charge is 0.146 e. The Morgan fingerprint density at radius 3 is 3.00 bits per heavy atom. The fourth-order valence-corrected chi connectivity index (χ4v) is 1.73. The van der Waals surface area contributed by atoms with Gasteiger partial charge in [0.05, 0.1) is 12.5 Å². The average Bonchev–Trinajstić information content (AvgIpc) is 2.85. The van der Waals surface area contributed by atoms with E-state index in [0.29, 0.717) is 12.5 Å². The summed E-state index contributed by atoms with van der Waals surface area (Å²) in [6, 6.07) is 5.71. The van der Waals surface area contributed by atoms with Crippen molar-refractivity contribution in [3.63, 3.8) is 0 Å². The Balaban J connectivity index is 1.85. The van der Waals surface area contributed by atoms with Crippen molar-refractivity contribution in [2.24, 2.45) is 5.92 Å². The minimum Gasteiger partial charge on any atom is -0.484 e. The Morgan fingerprint density at radius 2 is 2.26 bits per heavy atom. The number of hydrogen-bond donors (Lipinski definition) is 1. The van der Waals surface area contributed by atoms with Crippen LogP contribution in [-0.2, 0) is 13.2 Å². The first-order valence-electron chi connectivity index (χ1n) is 6.54. The number of furan rings is 1. The maximum atomic E-state index is 5.63. The molecule has 2 heterocycles. The van der Waals surface area contributed by atoms with Gasteiger partial charge in [-0.2, -0.15) is 0 Å². The summed E-state index contributed by atoms with van der Waals surface area (Å²) >= 11 is 0. The molecule has 0 bridgehead atoms. The van der Waals surface area contributed by atoms with Gasteiger partial charge in [0.15, 0.2) is 0 Å². The summed E-state index contributed by atoms with van der Waals surface area (Å²) < 4.78 is 11.1. The number of ether oxygens (including phenoxy) is 1. The van der Waals surface area contributed by atoms with Crippen molar-refractivity contribution in [3.8, 4) is 5.75 Å². The third-order valence-electron chi connectivity index (χ3n) is 2.71. The predicted octanol–water partition coefficient (Wildman–Crippen LogP) is 3.00. The van der Waals surface area contributed by atoms with Crippen molar-refractivity contribution in [2.45, 2.75) is 27.0 Å². The van der Waals surface area contributed by atoms with Gasteiger partial charge in [0.2, 0.25) is 0 Å². The molecule has 4 nitrogen and oxygen atoms in total. The molecule has 0 saturated heterocycles. The number of nitrogens with one attached hydrogen (secondary N) is 1. The van der Waals surface area contributed by atoms with E-state index in [0.717, 1.165) is 30.2 Å². The van der Waals surface area contributed by atoms with E-state index in [1.807, 2.05) is 18.2 Å². The van der Waals surface area contributed by atoms with Crippen LogP contribution in [0.15, 0.2) is 41.3 Å². The van der Waals surface area contributed by atoms with Crippen LogP contribution < -0.4 is 10.1 Å². The summed E-state index contributed by atoms with van der Waals surface area (Å²) in [6.07, 6.45) is 5.12. The van der Waals surface area contributed by atoms with Crippen LogP contribution in [0.5, 0.6) is 5.75 Å². The Labute approximate surface area is 113 Å². The van der Waals surface area contributed by atoms with Crippen molar-refractivity contribution in [2.75, 3.05) is 6.54 Å². The van der Waals surface area contributed by atoms with Crippen molar-refractivity contribution < 1.29 is 9.15 Å². The summed E-state index contributed by atoms with van der Waals surface area (Å²) in [5.74, 6) is 2.25. The molecule has 0 amide bonds. The van der Waals surface area contributed by atoms with Gasteiger partial charge in [0.25, 0.3) is 0 Å². The predicted molar refractivity (Wildman–Crippen MR) is 73.8 cm³/mol. The molecule has 19 heavy (non-hydrogen) atoms. The van der Waals surface area contributed by atoms with Gasteiger partial charge < -0.3 is 14.5 Å². The molecule has 0 aliphatic carbocycles. The van der Waals surface area contributed by atoms with Gasteiger partial charge >= 0.3 is 0 Å². The molecule has 0 aromatic carbocycles. The standard InChI is InChI=1S/C15H20N2O2/c1-12(2)8-17-9-13-5-7-18-15(13)11-19-14-4-3-6-16-10-14/h3-7,10,12,17H,8-9,11H2,1-2H3. The fraction of sp³-hybridized carbons (Fsp3) is 0.400. The van der Waals surface area contributed by atoms with Gasteiger partial charge in [-0.1, -0.05) is 13.8 Å². The largest absolute Gasteiger partial charge is 0.484 e. The maximum Gasteiger partial charge on any atom is 0.146 e. The number of pyridine rings is 1. The van der Waals surface area contributed by atoms with E-state index in [1.165, 1.54) is 0 Å². The Hall–Kier alpha value is -1.81. The highest BCUT2D eigenvalue weighted by Crippen LogP contribution is 2.15. The van der Waals surface area contributed by atoms with Crippen LogP contribution in [0.1, 0.15) is 25.2 Å². The van der Waals surface area contributed by atoms with Gasteiger partial charge in [0, 0.05) is 18.3 Å². The van der Waals surface area contributed by atoms with Gasteiger partial charge in [-0.25, -0.2) is 0 Å². The Kier molecular flexibility index (Phi) is 4.98. The SMILES string of the molecule is CC(C)CNCc1ccoc1COc1cccnc1. The summed E-state index contributed by atoms with van der Waals surface area (Å²) in [7, 11) is 0. The van der Waals surface area contributed by atoms with Gasteiger partial charge in [-0.15, -0.1) is 0 Å². The van der Waals surface area contributed by atoms with Crippen molar-refractivity contribution in [1.82, 2.24) is 10.3 Å². The highest BCUT2D eigenvalue weighted by molar-refractivity contribution is 5.19. The fourth-order valence-electron chi connectivity index (χ4n) is 1.73. The summed E-state index contributed by atoms with van der Waals surface area (Å²) in [6.45, 7) is 6.61. The lowest BCUT2D eigenvalue weighted by molar-refractivity contribution is 0.267. The normalized spacial score (nSPS) is 10.9. The van der Waals surface area contributed by atoms with Crippen LogP contribution in [0.25, 0.3) is 0 Å². The number of hydrogen-bond acceptors (Lipinski definition) is 4. The first-order valence-corrected chi connectivity index (χ1v) is 6.54. The highest BCUT2D eigenvalue weighted by atomic mass is 16.5. The lowest BCUT2D eigenvalue weighted by Crippen LogP contribution is -2.19. The molecule has 0 atom stereocenters. The summed E-state index contributed by atoms with van der Waals surface area (Å²) in [4.78, 5) is 4.01. The summed E-state index contributed by atoms with van der Waals surface area (Å²) in [5.41, 5.74) is 1.14. The van der Waals surface area contributed by atoms with Crippen LogP contribution in [-0.4, -0.2) is 11.5 Å². The molecule has 0 radical (unpaired) electrons. The van der Waals surface area contributed by atoms with Gasteiger partial charge in [-0.05, 0) is 30.7 Å². The van der Waals surface area contributed by atoms with Crippen molar-refractivity contribution >= 4 is 0 Å². The molecule has 0 aliphatic heterocycles. The van der Waals surface area contributed by atoms with Crippen LogP contribution in [0, 0.1) is 5.92 Å². The third-order valence-corrected chi connectivity index (χ3v) is 2.71. The minimum absolute atomic E-state index is 0.428. The molecule has 102 valence electrons. The molecule has 1 N–H and O–H groups in total. The van der Waals surface area contributed by atoms with Crippen LogP contribution >= 0.6 is 0 Å². The minimum atomic E-state index is 0.428. The number of aromatic nitrogens is 1. The zero-order valence-electron chi connectivity index (χ0n) is 11.4. The van der Waals surface area contributed by atoms with E-state index >= 15 is 0 Å². The Morgan fingerprint density at radius 1 is 1.37 bits per heavy atom. The zero-order chi connectivity index (χ0) is 13.5. The number of rotatable bonds is 7. The second kappa shape index (κ2) is 6.95. The number of nitrogens with zero attached hydrogens (tertiary/aromatic N) is 1. The Bertz CT molecular complexity index is 480. The van der Waals surface area contributed by atoms with E-state index in [1.54, 1.807) is 18.7 Å². The molecule has 0 spiro atoms. The van der Waals surface area contributed by atoms with E-state index in [-0.39, 0.29) is 0 Å². The third kappa shape index (κ3) is 4.41. The second-order valence-electron chi connectivity index (χ2n) is 4.87. The molecule has 2 rings (SSSR count). The molecular formula is C15H20N2O2. The first-order chi connectivity index (χ1) is 9.25. The molecule has 0 aliphatic rings. The second-order valence-corrected chi connectivity index (χ2v) is 4.87. The summed E-state index contributed by atoms with van der Waals surface area (Å²) in [5, 5.41) is 3.40. The van der Waals surface area contributed by atoms with Crippen LogP contribution in [0.4, 0.5) is 0 Å². The van der Waals surface area contributed by atoms with Gasteiger partial charge in [0.1, 0.15) is 18.1 Å². The molecule has 4 heteroatoms. The monoisotopic (exact) mass is 260 g/mol. The topological polar surface area (TPSA) is 47.3 Å². The molecule has 0 fully saturated rings. The highest BCUT2D eigenvalue weighted by Gasteiger charge is 2.07. The molecular weight excluding hydrogens is 240 g/mol. The average molecular weight is 260 g/mol. The van der Waals surface area contributed by atoms with Crippen LogP contribution in [0.3, 0.4) is 0 Å². The van der Waals surface area contributed by atoms with Gasteiger partial charge in [-0.3, -0.25) is 4.98 Å². The van der Waals surface area contributed by atoms with E-state index < -0.39 is 0 Å². The van der Waals surface area contributed by atoms with E-state index in [9.17, 15) is 0 Å².